The van der Waals surface area contributed by atoms with E-state index >= 15 is 0 Å². The quantitative estimate of drug-likeness (QED) is 0.286. The van der Waals surface area contributed by atoms with Crippen LogP contribution in [0.3, 0.4) is 0 Å². The fraction of sp³-hybridized carbons (Fsp3) is 0.375. The number of hydrogen-bond acceptors (Lipinski definition) is 10. The molecule has 0 spiro atoms. The van der Waals surface area contributed by atoms with Crippen LogP contribution in [-0.2, 0) is 19.1 Å². The van der Waals surface area contributed by atoms with Gasteiger partial charge in [0.15, 0.2) is 23.5 Å². The second kappa shape index (κ2) is 10.8. The number of benzene rings is 1. The van der Waals surface area contributed by atoms with E-state index in [0.717, 1.165) is 0 Å². The Bertz CT molecular complexity index is 1200. The maximum atomic E-state index is 13.1. The van der Waals surface area contributed by atoms with E-state index < -0.39 is 28.2 Å². The third-order valence-corrected chi connectivity index (χ3v) is 7.11. The van der Waals surface area contributed by atoms with Gasteiger partial charge in [-0.15, -0.1) is 10.6 Å². The number of anilines is 2. The first-order chi connectivity index (χ1) is 17.5. The smallest absolute Gasteiger partial charge is 0.413 e. The lowest BCUT2D eigenvalue weighted by atomic mass is 10.1. The van der Waals surface area contributed by atoms with Crippen molar-refractivity contribution in [2.75, 3.05) is 23.8 Å². The van der Waals surface area contributed by atoms with Crippen molar-refractivity contribution in [3.8, 4) is 0 Å². The molecule has 13 heteroatoms. The number of nitrogens with zero attached hydrogens (tertiary/aromatic N) is 3. The number of nitrogens with one attached hydrogen (secondary N) is 2. The van der Waals surface area contributed by atoms with Crippen LogP contribution in [0, 0.1) is 0 Å². The SMILES string of the molecule is CC(C)(C)OC(=O)Nc1cnc(NC(=O)C(=NO[C@@H]2CCOC2)c2ccc(S(O)(O)C3=CC3)cc2)cn1. The van der Waals surface area contributed by atoms with Gasteiger partial charge >= 0.3 is 6.09 Å². The van der Waals surface area contributed by atoms with Gasteiger partial charge < -0.3 is 19.6 Å². The first kappa shape index (κ1) is 26.5. The average Bonchev–Trinajstić information content (AvgIpc) is 3.57. The van der Waals surface area contributed by atoms with Crippen molar-refractivity contribution < 1.29 is 33.0 Å². The van der Waals surface area contributed by atoms with Crippen LogP contribution < -0.4 is 10.6 Å². The lowest BCUT2D eigenvalue weighted by Crippen LogP contribution is -2.28. The number of carbonyl (C=O) groups is 2. The van der Waals surface area contributed by atoms with Crippen LogP contribution in [0.1, 0.15) is 39.2 Å². The molecule has 1 atom stereocenters. The minimum atomic E-state index is -3.01. The summed E-state index contributed by atoms with van der Waals surface area (Å²) in [4.78, 5) is 39.7. The summed E-state index contributed by atoms with van der Waals surface area (Å²) in [6, 6.07) is 6.22. The van der Waals surface area contributed by atoms with Gasteiger partial charge in [-0.05, 0) is 32.9 Å². The number of hydrogen-bond donors (Lipinski definition) is 4. The number of rotatable bonds is 8. The van der Waals surface area contributed by atoms with E-state index in [-0.39, 0.29) is 23.5 Å². The average molecular weight is 532 g/mol. The summed E-state index contributed by atoms with van der Waals surface area (Å²) in [5.74, 6) is -0.362. The fourth-order valence-electron chi connectivity index (χ4n) is 3.22. The van der Waals surface area contributed by atoms with Gasteiger partial charge in [-0.3, -0.25) is 19.2 Å². The normalized spacial score (nSPS) is 18.0. The molecule has 12 nitrogen and oxygen atoms in total. The standard InChI is InChI=1S/C24H29N5O7S/c1-24(2,3)35-23(31)28-20-13-25-19(12-26-20)27-22(30)21(29-36-16-10-11-34-14-16)15-4-6-17(7-5-15)37(32,33)18-8-9-18/h4-8,12-13,16,32-33H,9-11,14H2,1-3H3,(H,25,27,30)(H,26,28,31)/t16-/m1/s1. The van der Waals surface area contributed by atoms with Gasteiger partial charge in [0.05, 0.1) is 30.5 Å². The summed E-state index contributed by atoms with van der Waals surface area (Å²) < 4.78 is 31.3. The molecular weight excluding hydrogens is 502 g/mol. The van der Waals surface area contributed by atoms with Crippen molar-refractivity contribution in [3.63, 3.8) is 0 Å². The van der Waals surface area contributed by atoms with Crippen LogP contribution in [0.2, 0.25) is 0 Å². The molecule has 0 radical (unpaired) electrons. The molecule has 4 rings (SSSR count). The molecule has 1 saturated heterocycles. The van der Waals surface area contributed by atoms with E-state index in [1.165, 1.54) is 12.4 Å². The van der Waals surface area contributed by atoms with E-state index in [0.29, 0.717) is 41.4 Å². The Kier molecular flexibility index (Phi) is 7.78. The third-order valence-electron chi connectivity index (χ3n) is 5.11. The molecule has 0 saturated carbocycles. The van der Waals surface area contributed by atoms with Gasteiger partial charge in [-0.1, -0.05) is 23.4 Å². The maximum absolute atomic E-state index is 13.1. The molecule has 198 valence electrons. The highest BCUT2D eigenvalue weighted by Crippen LogP contribution is 2.61. The highest BCUT2D eigenvalue weighted by Gasteiger charge is 2.28. The largest absolute Gasteiger partial charge is 0.444 e. The molecule has 2 aromatic rings. The van der Waals surface area contributed by atoms with Crippen molar-refractivity contribution in [2.45, 2.75) is 50.2 Å². The first-order valence-corrected chi connectivity index (χ1v) is 13.1. The van der Waals surface area contributed by atoms with E-state index in [9.17, 15) is 18.7 Å². The summed E-state index contributed by atoms with van der Waals surface area (Å²) in [6.07, 6.45) is 4.56. The topological polar surface area (TPSA) is 164 Å². The predicted molar refractivity (Wildman–Crippen MR) is 138 cm³/mol. The summed E-state index contributed by atoms with van der Waals surface area (Å²) in [5.41, 5.74) is -0.312. The molecule has 0 unspecified atom stereocenters. The monoisotopic (exact) mass is 531 g/mol. The first-order valence-electron chi connectivity index (χ1n) is 11.5. The highest BCUT2D eigenvalue weighted by molar-refractivity contribution is 8.27. The Morgan fingerprint density at radius 2 is 1.76 bits per heavy atom. The molecule has 1 aliphatic heterocycles. The van der Waals surface area contributed by atoms with Crippen molar-refractivity contribution in [3.05, 3.63) is 53.2 Å². The third kappa shape index (κ3) is 7.26. The lowest BCUT2D eigenvalue weighted by Gasteiger charge is -2.30. The van der Waals surface area contributed by atoms with Crippen molar-refractivity contribution in [1.29, 1.82) is 0 Å². The Balaban J connectivity index is 1.47. The van der Waals surface area contributed by atoms with Crippen LogP contribution in [0.25, 0.3) is 0 Å². The summed E-state index contributed by atoms with van der Waals surface area (Å²) in [6.45, 7) is 6.13. The molecule has 37 heavy (non-hydrogen) atoms. The minimum absolute atomic E-state index is 0.0432. The molecular formula is C24H29N5O7S. The van der Waals surface area contributed by atoms with E-state index in [4.69, 9.17) is 14.3 Å². The fourth-order valence-corrected chi connectivity index (χ4v) is 4.58. The summed E-state index contributed by atoms with van der Waals surface area (Å²) >= 11 is 0. The van der Waals surface area contributed by atoms with E-state index in [1.54, 1.807) is 51.1 Å². The molecule has 2 heterocycles. The summed E-state index contributed by atoms with van der Waals surface area (Å²) in [5, 5.41) is 9.15. The van der Waals surface area contributed by atoms with Gasteiger partial charge in [0.2, 0.25) is 0 Å². The molecule has 1 fully saturated rings. The molecule has 4 N–H and O–H groups in total. The van der Waals surface area contributed by atoms with Crippen LogP contribution in [0.5, 0.6) is 0 Å². The number of amides is 2. The van der Waals surface area contributed by atoms with Crippen LogP contribution in [0.4, 0.5) is 16.4 Å². The Morgan fingerprint density at radius 3 is 2.30 bits per heavy atom. The Labute approximate surface area is 215 Å². The number of carbonyl (C=O) groups excluding carboxylic acids is 2. The minimum Gasteiger partial charge on any atom is -0.444 e. The van der Waals surface area contributed by atoms with Gasteiger partial charge in [-0.2, -0.15) is 0 Å². The van der Waals surface area contributed by atoms with Gasteiger partial charge in [0.1, 0.15) is 5.60 Å². The zero-order valence-electron chi connectivity index (χ0n) is 20.6. The highest BCUT2D eigenvalue weighted by atomic mass is 32.3. The van der Waals surface area contributed by atoms with Crippen molar-refractivity contribution >= 4 is 39.9 Å². The maximum Gasteiger partial charge on any atom is 0.413 e. The molecule has 2 aliphatic rings. The van der Waals surface area contributed by atoms with Crippen molar-refractivity contribution in [1.82, 2.24) is 9.97 Å². The van der Waals surface area contributed by atoms with E-state index in [2.05, 4.69) is 25.8 Å². The lowest BCUT2D eigenvalue weighted by molar-refractivity contribution is -0.110. The van der Waals surface area contributed by atoms with Crippen LogP contribution in [0.15, 0.2) is 57.7 Å². The number of oxime groups is 1. The predicted octanol–water partition coefficient (Wildman–Crippen LogP) is 4.37. The number of allylic oxidation sites excluding steroid dienone is 2. The summed E-state index contributed by atoms with van der Waals surface area (Å²) in [7, 11) is -3.01. The van der Waals surface area contributed by atoms with Gasteiger partial charge in [0.25, 0.3) is 5.91 Å². The van der Waals surface area contributed by atoms with E-state index in [1.807, 2.05) is 0 Å². The molecule has 1 aliphatic carbocycles. The number of ether oxygens (including phenoxy) is 2. The van der Waals surface area contributed by atoms with Crippen LogP contribution in [-0.4, -0.2) is 61.7 Å². The molecule has 2 amide bonds. The zero-order chi connectivity index (χ0) is 26.6. The molecule has 1 aromatic heterocycles. The van der Waals surface area contributed by atoms with Gasteiger partial charge in [-0.25, -0.2) is 14.8 Å². The molecule has 0 bridgehead atoms. The second-order valence-electron chi connectivity index (χ2n) is 9.35. The van der Waals surface area contributed by atoms with Gasteiger partial charge in [0, 0.05) is 23.3 Å². The molecule has 1 aromatic carbocycles. The Morgan fingerprint density at radius 1 is 1.11 bits per heavy atom. The Hall–Kier alpha value is -3.52. The van der Waals surface area contributed by atoms with Crippen LogP contribution >= 0.6 is 10.6 Å². The zero-order valence-corrected chi connectivity index (χ0v) is 21.4. The van der Waals surface area contributed by atoms with Crippen molar-refractivity contribution in [2.24, 2.45) is 5.16 Å². The number of aromatic nitrogens is 2. The second-order valence-corrected chi connectivity index (χ2v) is 11.4.